The molecule has 0 bridgehead atoms. The summed E-state index contributed by atoms with van der Waals surface area (Å²) in [6.07, 6.45) is -4.25. The Kier molecular flexibility index (Phi) is 7.38. The van der Waals surface area contributed by atoms with Crippen LogP contribution in [0.2, 0.25) is 0 Å². The topological polar surface area (TPSA) is 116 Å². The fourth-order valence-electron chi connectivity index (χ4n) is 3.59. The minimum absolute atomic E-state index is 0.0126. The van der Waals surface area contributed by atoms with Crippen molar-refractivity contribution in [2.45, 2.75) is 38.7 Å². The van der Waals surface area contributed by atoms with Gasteiger partial charge in [-0.2, -0.15) is 26.3 Å². The number of rotatable bonds is 5. The van der Waals surface area contributed by atoms with Crippen LogP contribution in [0.3, 0.4) is 0 Å². The first-order valence-corrected chi connectivity index (χ1v) is 11.6. The zero-order valence-corrected chi connectivity index (χ0v) is 21.2. The molecule has 4 heterocycles. The Labute approximate surface area is 222 Å². The third-order valence-electron chi connectivity index (χ3n) is 5.45. The van der Waals surface area contributed by atoms with E-state index in [1.807, 2.05) is 0 Å². The molecule has 1 aliphatic heterocycles. The molecular formula is C24H21F6N7O3. The molecule has 1 amide bonds. The second-order valence-electron chi connectivity index (χ2n) is 9.78. The number of nitrogens with zero attached hydrogens (tertiary/aromatic N) is 7. The Morgan fingerprint density at radius 2 is 1.55 bits per heavy atom. The third-order valence-corrected chi connectivity index (χ3v) is 5.45. The molecule has 10 nitrogen and oxygen atoms in total. The standard InChI is InChI=1S/C24H21F6N7O3/c1-22(2,3)40-21(39)15-8-36(9-15)20(38)16(14-6-31-11-32-7-14)10-37-12-33-19(35-37)13-4-17(23(25,26)27)34-18(5-13)24(28,29)30/h4-7,10-12,15H,8-9H2,1-3H3/b16-10+. The van der Waals surface area contributed by atoms with E-state index in [1.54, 1.807) is 20.8 Å². The molecule has 1 aliphatic rings. The van der Waals surface area contributed by atoms with E-state index in [0.29, 0.717) is 12.1 Å². The lowest BCUT2D eigenvalue weighted by Gasteiger charge is -2.39. The van der Waals surface area contributed by atoms with Crippen molar-refractivity contribution in [3.8, 4) is 11.4 Å². The van der Waals surface area contributed by atoms with Crippen molar-refractivity contribution in [1.29, 1.82) is 0 Å². The molecule has 0 aromatic carbocycles. The minimum Gasteiger partial charge on any atom is -0.460 e. The summed E-state index contributed by atoms with van der Waals surface area (Å²) in [5.41, 5.74) is -4.58. The molecule has 0 atom stereocenters. The Morgan fingerprint density at radius 3 is 2.08 bits per heavy atom. The molecule has 0 unspecified atom stereocenters. The molecule has 3 aromatic rings. The Morgan fingerprint density at radius 1 is 0.975 bits per heavy atom. The van der Waals surface area contributed by atoms with Crippen LogP contribution in [0, 0.1) is 5.92 Å². The summed E-state index contributed by atoms with van der Waals surface area (Å²) >= 11 is 0. The summed E-state index contributed by atoms with van der Waals surface area (Å²) < 4.78 is 85.6. The van der Waals surface area contributed by atoms with Crippen LogP contribution in [0.1, 0.15) is 37.7 Å². The number of likely N-dealkylation sites (tertiary alicyclic amines) is 1. The number of ether oxygens (including phenoxy) is 1. The van der Waals surface area contributed by atoms with Crippen molar-refractivity contribution < 1.29 is 40.7 Å². The number of amides is 1. The smallest absolute Gasteiger partial charge is 0.433 e. The van der Waals surface area contributed by atoms with Gasteiger partial charge in [0.2, 0.25) is 0 Å². The van der Waals surface area contributed by atoms with Gasteiger partial charge >= 0.3 is 18.3 Å². The van der Waals surface area contributed by atoms with Gasteiger partial charge in [0, 0.05) is 42.8 Å². The molecule has 0 aliphatic carbocycles. The lowest BCUT2D eigenvalue weighted by atomic mass is 9.97. The highest BCUT2D eigenvalue weighted by molar-refractivity contribution is 6.23. The highest BCUT2D eigenvalue weighted by Gasteiger charge is 2.40. The molecule has 0 radical (unpaired) electrons. The molecule has 0 saturated carbocycles. The Hall–Kier alpha value is -4.37. The molecule has 1 fully saturated rings. The fraction of sp³-hybridized carbons (Fsp3) is 0.375. The molecule has 212 valence electrons. The van der Waals surface area contributed by atoms with Crippen LogP contribution in [0.25, 0.3) is 23.2 Å². The van der Waals surface area contributed by atoms with E-state index < -0.39 is 58.5 Å². The first kappa shape index (κ1) is 28.6. The summed E-state index contributed by atoms with van der Waals surface area (Å²) in [6, 6.07) is 0.791. The van der Waals surface area contributed by atoms with Crippen molar-refractivity contribution in [2.75, 3.05) is 13.1 Å². The monoisotopic (exact) mass is 569 g/mol. The van der Waals surface area contributed by atoms with Crippen LogP contribution in [0.5, 0.6) is 0 Å². The second-order valence-corrected chi connectivity index (χ2v) is 9.78. The van der Waals surface area contributed by atoms with Gasteiger partial charge in [0.15, 0.2) is 5.82 Å². The first-order valence-electron chi connectivity index (χ1n) is 11.6. The number of pyridine rings is 1. The predicted octanol–water partition coefficient (Wildman–Crippen LogP) is 3.97. The normalized spacial score (nSPS) is 15.1. The first-order chi connectivity index (χ1) is 18.5. The average Bonchev–Trinajstić information content (AvgIpc) is 3.28. The Bertz CT molecular complexity index is 1410. The van der Waals surface area contributed by atoms with Gasteiger partial charge in [-0.15, -0.1) is 5.10 Å². The maximum atomic E-state index is 13.3. The summed E-state index contributed by atoms with van der Waals surface area (Å²) in [5.74, 6) is -2.01. The number of alkyl halides is 6. The number of halogens is 6. The number of carbonyl (C=O) groups excluding carboxylic acids is 2. The maximum Gasteiger partial charge on any atom is 0.433 e. The lowest BCUT2D eigenvalue weighted by molar-refractivity contribution is -0.167. The second kappa shape index (κ2) is 10.3. The SMILES string of the molecule is CC(C)(C)OC(=O)C1CN(C(=O)/C(=C/n2cnc(-c3cc(C(F)(F)F)nc(C(F)(F)F)c3)n2)c2cncnc2)C1. The van der Waals surface area contributed by atoms with E-state index in [-0.39, 0.29) is 24.2 Å². The largest absolute Gasteiger partial charge is 0.460 e. The van der Waals surface area contributed by atoms with Gasteiger partial charge in [0.25, 0.3) is 5.91 Å². The van der Waals surface area contributed by atoms with Crippen molar-refractivity contribution >= 4 is 23.6 Å². The van der Waals surface area contributed by atoms with Crippen LogP contribution in [0.4, 0.5) is 26.3 Å². The number of aromatic nitrogens is 6. The number of hydrogen-bond acceptors (Lipinski definition) is 8. The highest BCUT2D eigenvalue weighted by atomic mass is 19.4. The molecule has 16 heteroatoms. The summed E-state index contributed by atoms with van der Waals surface area (Å²) in [4.78, 5) is 41.2. The van der Waals surface area contributed by atoms with Crippen LogP contribution >= 0.6 is 0 Å². The van der Waals surface area contributed by atoms with E-state index >= 15 is 0 Å². The fourth-order valence-corrected chi connectivity index (χ4v) is 3.59. The predicted molar refractivity (Wildman–Crippen MR) is 125 cm³/mol. The van der Waals surface area contributed by atoms with E-state index in [0.717, 1.165) is 11.0 Å². The van der Waals surface area contributed by atoms with Gasteiger partial charge in [-0.3, -0.25) is 9.59 Å². The van der Waals surface area contributed by atoms with Crippen molar-refractivity contribution in [1.82, 2.24) is 34.6 Å². The molecule has 0 spiro atoms. The van der Waals surface area contributed by atoms with Gasteiger partial charge in [-0.25, -0.2) is 24.6 Å². The number of carbonyl (C=O) groups is 2. The van der Waals surface area contributed by atoms with Crippen LogP contribution < -0.4 is 0 Å². The molecule has 3 aromatic heterocycles. The Balaban J connectivity index is 1.64. The van der Waals surface area contributed by atoms with E-state index in [2.05, 4.69) is 25.0 Å². The quantitative estimate of drug-likeness (QED) is 0.258. The summed E-state index contributed by atoms with van der Waals surface area (Å²) in [5, 5.41) is 3.94. The molecular weight excluding hydrogens is 548 g/mol. The van der Waals surface area contributed by atoms with Gasteiger partial charge in [-0.1, -0.05) is 0 Å². The molecule has 40 heavy (non-hydrogen) atoms. The van der Waals surface area contributed by atoms with Crippen molar-refractivity contribution in [2.24, 2.45) is 5.92 Å². The third kappa shape index (κ3) is 6.60. The van der Waals surface area contributed by atoms with Crippen molar-refractivity contribution in [3.05, 3.63) is 54.1 Å². The zero-order valence-electron chi connectivity index (χ0n) is 21.2. The molecule has 1 saturated heterocycles. The molecule has 0 N–H and O–H groups in total. The van der Waals surface area contributed by atoms with Gasteiger partial charge in [0.1, 0.15) is 29.6 Å². The number of esters is 1. The molecule has 4 rings (SSSR count). The zero-order chi connectivity index (χ0) is 29.5. The lowest BCUT2D eigenvalue weighted by Crippen LogP contribution is -2.54. The van der Waals surface area contributed by atoms with E-state index in [4.69, 9.17) is 4.74 Å². The van der Waals surface area contributed by atoms with Gasteiger partial charge in [0.05, 0.1) is 11.5 Å². The van der Waals surface area contributed by atoms with E-state index in [1.165, 1.54) is 29.8 Å². The van der Waals surface area contributed by atoms with Crippen molar-refractivity contribution in [3.63, 3.8) is 0 Å². The van der Waals surface area contributed by atoms with Gasteiger partial charge < -0.3 is 9.64 Å². The summed E-state index contributed by atoms with van der Waals surface area (Å²) in [6.45, 7) is 5.29. The highest BCUT2D eigenvalue weighted by Crippen LogP contribution is 2.35. The van der Waals surface area contributed by atoms with Crippen LogP contribution in [-0.2, 0) is 26.7 Å². The maximum absolute atomic E-state index is 13.3. The van der Waals surface area contributed by atoms with Crippen LogP contribution in [0.15, 0.2) is 37.2 Å². The minimum atomic E-state index is -5.15. The summed E-state index contributed by atoms with van der Waals surface area (Å²) in [7, 11) is 0. The average molecular weight is 569 g/mol. The number of hydrogen-bond donors (Lipinski definition) is 0. The van der Waals surface area contributed by atoms with E-state index in [9.17, 15) is 35.9 Å². The van der Waals surface area contributed by atoms with Gasteiger partial charge in [-0.05, 0) is 32.9 Å². The van der Waals surface area contributed by atoms with Crippen LogP contribution in [-0.4, -0.2) is 65.2 Å².